The van der Waals surface area contributed by atoms with Crippen molar-refractivity contribution in [3.05, 3.63) is 17.0 Å². The van der Waals surface area contributed by atoms with E-state index in [0.29, 0.717) is 38.2 Å². The molecule has 2 N–H and O–H groups in total. The molecule has 8 nitrogen and oxygen atoms in total. The SMILES string of the molecule is Cn1nc(C(=O)N2CCCC2C(=O)O)c2c1CCN(CCO)C2. The minimum Gasteiger partial charge on any atom is -0.480 e. The van der Waals surface area contributed by atoms with E-state index >= 15 is 0 Å². The molecule has 1 fully saturated rings. The Morgan fingerprint density at radius 1 is 1.35 bits per heavy atom. The Morgan fingerprint density at radius 3 is 2.83 bits per heavy atom. The summed E-state index contributed by atoms with van der Waals surface area (Å²) < 4.78 is 1.73. The van der Waals surface area contributed by atoms with Crippen molar-refractivity contribution in [1.82, 2.24) is 19.6 Å². The lowest BCUT2D eigenvalue weighted by atomic mass is 10.0. The van der Waals surface area contributed by atoms with E-state index in [4.69, 9.17) is 5.11 Å². The Kier molecular flexibility index (Phi) is 4.36. The minimum atomic E-state index is -0.956. The van der Waals surface area contributed by atoms with Crippen LogP contribution in [0.3, 0.4) is 0 Å². The number of aromatic nitrogens is 2. The fourth-order valence-corrected chi connectivity index (χ4v) is 3.55. The summed E-state index contributed by atoms with van der Waals surface area (Å²) in [4.78, 5) is 27.7. The zero-order valence-corrected chi connectivity index (χ0v) is 13.2. The van der Waals surface area contributed by atoms with Crippen LogP contribution >= 0.6 is 0 Å². The van der Waals surface area contributed by atoms with E-state index in [-0.39, 0.29) is 12.5 Å². The van der Waals surface area contributed by atoms with Crippen LogP contribution < -0.4 is 0 Å². The highest BCUT2D eigenvalue weighted by Gasteiger charge is 2.37. The molecule has 2 aliphatic rings. The predicted molar refractivity (Wildman–Crippen MR) is 81.0 cm³/mol. The molecule has 0 spiro atoms. The minimum absolute atomic E-state index is 0.0755. The molecule has 1 aromatic rings. The van der Waals surface area contributed by atoms with Gasteiger partial charge in [0, 0.05) is 50.9 Å². The summed E-state index contributed by atoms with van der Waals surface area (Å²) in [6.45, 7) is 2.48. The summed E-state index contributed by atoms with van der Waals surface area (Å²) in [5.41, 5.74) is 2.25. The van der Waals surface area contributed by atoms with Gasteiger partial charge in [0.05, 0.1) is 6.61 Å². The van der Waals surface area contributed by atoms with Crippen LogP contribution in [0.2, 0.25) is 0 Å². The Balaban J connectivity index is 1.89. The smallest absolute Gasteiger partial charge is 0.326 e. The number of aliphatic carboxylic acids is 1. The average Bonchev–Trinajstić information content (AvgIpc) is 3.12. The molecule has 1 saturated heterocycles. The van der Waals surface area contributed by atoms with Crippen molar-refractivity contribution in [1.29, 1.82) is 0 Å². The van der Waals surface area contributed by atoms with Crippen molar-refractivity contribution < 1.29 is 19.8 Å². The van der Waals surface area contributed by atoms with Crippen LogP contribution in [0.25, 0.3) is 0 Å². The van der Waals surface area contributed by atoms with Crippen LogP contribution in [-0.4, -0.2) is 74.0 Å². The number of hydrogen-bond acceptors (Lipinski definition) is 5. The molecule has 0 saturated carbocycles. The van der Waals surface area contributed by atoms with Crippen LogP contribution in [0, 0.1) is 0 Å². The third-order valence-corrected chi connectivity index (χ3v) is 4.74. The number of carboxylic acids is 1. The number of carboxylic acid groups (broad SMARTS) is 1. The van der Waals surface area contributed by atoms with Crippen LogP contribution in [0.15, 0.2) is 0 Å². The van der Waals surface area contributed by atoms with Crippen molar-refractivity contribution in [3.63, 3.8) is 0 Å². The topological polar surface area (TPSA) is 98.9 Å². The van der Waals surface area contributed by atoms with Crippen LogP contribution in [0.4, 0.5) is 0 Å². The van der Waals surface area contributed by atoms with Gasteiger partial charge >= 0.3 is 5.97 Å². The lowest BCUT2D eigenvalue weighted by Crippen LogP contribution is -2.41. The molecule has 1 amide bonds. The molecule has 0 bridgehead atoms. The van der Waals surface area contributed by atoms with Crippen molar-refractivity contribution in [2.45, 2.75) is 31.8 Å². The average molecular weight is 322 g/mol. The van der Waals surface area contributed by atoms with Gasteiger partial charge in [-0.25, -0.2) is 4.79 Å². The Labute approximate surface area is 134 Å². The maximum atomic E-state index is 12.8. The fraction of sp³-hybridized carbons (Fsp3) is 0.667. The second kappa shape index (κ2) is 6.29. The van der Waals surface area contributed by atoms with Crippen molar-refractivity contribution in [2.75, 3.05) is 26.2 Å². The summed E-state index contributed by atoms with van der Waals surface area (Å²) >= 11 is 0. The molecule has 1 atom stereocenters. The molecular formula is C15H22N4O4. The second-order valence-electron chi connectivity index (χ2n) is 6.14. The van der Waals surface area contributed by atoms with Gasteiger partial charge in [-0.1, -0.05) is 0 Å². The van der Waals surface area contributed by atoms with Gasteiger partial charge in [-0.2, -0.15) is 5.10 Å². The maximum absolute atomic E-state index is 12.8. The van der Waals surface area contributed by atoms with E-state index in [0.717, 1.165) is 24.2 Å². The molecule has 3 heterocycles. The quantitative estimate of drug-likeness (QED) is 0.772. The number of aliphatic hydroxyl groups is 1. The molecule has 8 heteroatoms. The largest absolute Gasteiger partial charge is 0.480 e. The molecule has 2 aliphatic heterocycles. The van der Waals surface area contributed by atoms with Crippen molar-refractivity contribution >= 4 is 11.9 Å². The zero-order valence-electron chi connectivity index (χ0n) is 13.2. The third-order valence-electron chi connectivity index (χ3n) is 4.74. The summed E-state index contributed by atoms with van der Waals surface area (Å²) in [7, 11) is 1.82. The zero-order chi connectivity index (χ0) is 16.6. The monoisotopic (exact) mass is 322 g/mol. The highest BCUT2D eigenvalue weighted by Crippen LogP contribution is 2.26. The molecule has 0 radical (unpaired) electrons. The van der Waals surface area contributed by atoms with Crippen molar-refractivity contribution in [2.24, 2.45) is 7.05 Å². The van der Waals surface area contributed by atoms with Crippen LogP contribution in [0.5, 0.6) is 0 Å². The first-order valence-corrected chi connectivity index (χ1v) is 7.94. The molecule has 1 aromatic heterocycles. The van der Waals surface area contributed by atoms with Crippen LogP contribution in [-0.2, 0) is 24.8 Å². The summed E-state index contributed by atoms with van der Waals surface area (Å²) in [5.74, 6) is -1.25. The standard InChI is InChI=1S/C15H22N4O4/c1-17-11-4-6-18(7-8-20)9-10(11)13(16-17)14(21)19-5-2-3-12(19)15(22)23/h12,20H,2-9H2,1H3,(H,22,23). The first-order chi connectivity index (χ1) is 11.0. The number of β-amino-alcohol motifs (C(OH)–C–C–N with tert-alkyl or cyclic N) is 1. The van der Waals surface area contributed by atoms with E-state index < -0.39 is 12.0 Å². The number of hydrogen-bond donors (Lipinski definition) is 2. The van der Waals surface area contributed by atoms with Gasteiger partial charge in [0.2, 0.25) is 0 Å². The summed E-state index contributed by atoms with van der Waals surface area (Å²) in [6.07, 6.45) is 1.97. The summed E-state index contributed by atoms with van der Waals surface area (Å²) in [5, 5.41) is 22.8. The lowest BCUT2D eigenvalue weighted by molar-refractivity contribution is -0.141. The number of carbonyl (C=O) groups excluding carboxylic acids is 1. The summed E-state index contributed by atoms with van der Waals surface area (Å²) in [6, 6.07) is -0.753. The molecule has 23 heavy (non-hydrogen) atoms. The predicted octanol–water partition coefficient (Wildman–Crippen LogP) is -0.540. The van der Waals surface area contributed by atoms with Gasteiger partial charge < -0.3 is 15.1 Å². The Morgan fingerprint density at radius 2 is 2.13 bits per heavy atom. The number of aliphatic hydroxyl groups excluding tert-OH is 1. The van der Waals surface area contributed by atoms with Gasteiger partial charge in [0.15, 0.2) is 5.69 Å². The number of likely N-dealkylation sites (tertiary alicyclic amines) is 1. The highest BCUT2D eigenvalue weighted by molar-refractivity contribution is 5.96. The molecule has 126 valence electrons. The molecular weight excluding hydrogens is 300 g/mol. The Hall–Kier alpha value is -1.93. The lowest BCUT2D eigenvalue weighted by Gasteiger charge is -2.27. The molecule has 1 unspecified atom stereocenters. The van der Waals surface area contributed by atoms with Gasteiger partial charge in [-0.3, -0.25) is 14.4 Å². The number of fused-ring (bicyclic) bond motifs is 1. The van der Waals surface area contributed by atoms with E-state index in [1.54, 1.807) is 4.68 Å². The van der Waals surface area contributed by atoms with Gasteiger partial charge in [0.25, 0.3) is 5.91 Å². The van der Waals surface area contributed by atoms with Gasteiger partial charge in [-0.15, -0.1) is 0 Å². The van der Waals surface area contributed by atoms with Crippen molar-refractivity contribution in [3.8, 4) is 0 Å². The number of nitrogens with zero attached hydrogens (tertiary/aromatic N) is 4. The maximum Gasteiger partial charge on any atom is 0.326 e. The van der Waals surface area contributed by atoms with E-state index in [1.165, 1.54) is 4.90 Å². The first kappa shape index (κ1) is 15.9. The Bertz CT molecular complexity index is 627. The molecule has 0 aromatic carbocycles. The normalized spacial score (nSPS) is 21.5. The van der Waals surface area contributed by atoms with E-state index in [1.807, 2.05) is 7.05 Å². The third kappa shape index (κ3) is 2.84. The first-order valence-electron chi connectivity index (χ1n) is 7.94. The fourth-order valence-electron chi connectivity index (χ4n) is 3.55. The highest BCUT2D eigenvalue weighted by atomic mass is 16.4. The number of carbonyl (C=O) groups is 2. The molecule has 0 aliphatic carbocycles. The van der Waals surface area contributed by atoms with Gasteiger partial charge in [0.1, 0.15) is 6.04 Å². The number of aryl methyl sites for hydroxylation is 1. The number of rotatable bonds is 4. The van der Waals surface area contributed by atoms with Gasteiger partial charge in [-0.05, 0) is 12.8 Å². The second-order valence-corrected chi connectivity index (χ2v) is 6.14. The van der Waals surface area contributed by atoms with E-state index in [2.05, 4.69) is 10.00 Å². The van der Waals surface area contributed by atoms with Crippen LogP contribution in [0.1, 0.15) is 34.6 Å². The van der Waals surface area contributed by atoms with E-state index in [9.17, 15) is 14.7 Å². The number of amides is 1. The molecule has 3 rings (SSSR count).